The fraction of sp³-hybridized carbons (Fsp3) is 0.217. The summed E-state index contributed by atoms with van der Waals surface area (Å²) in [5, 5.41) is 13.2. The van der Waals surface area contributed by atoms with Crippen LogP contribution in [0.25, 0.3) is 11.4 Å². The van der Waals surface area contributed by atoms with Crippen LogP contribution < -0.4 is 15.8 Å². The highest BCUT2D eigenvalue weighted by Crippen LogP contribution is 2.34. The summed E-state index contributed by atoms with van der Waals surface area (Å²) in [7, 11) is 1.47. The van der Waals surface area contributed by atoms with E-state index in [-0.39, 0.29) is 18.0 Å². The predicted molar refractivity (Wildman–Crippen MR) is 116 cm³/mol. The van der Waals surface area contributed by atoms with E-state index >= 15 is 0 Å². The summed E-state index contributed by atoms with van der Waals surface area (Å²) < 4.78 is 7.43. The number of hydrogen-bond donors (Lipinski definition) is 3. The molecule has 4 rings (SSSR count). The van der Waals surface area contributed by atoms with Gasteiger partial charge in [0.2, 0.25) is 0 Å². The first kappa shape index (κ1) is 21.1. The Morgan fingerprint density at radius 1 is 1.31 bits per heavy atom. The van der Waals surface area contributed by atoms with Crippen molar-refractivity contribution >= 4 is 11.8 Å². The number of pyridine rings is 1. The minimum absolute atomic E-state index is 0.0843. The molecule has 2 aromatic heterocycles. The lowest BCUT2D eigenvalue weighted by Gasteiger charge is -2.15. The van der Waals surface area contributed by atoms with Crippen LogP contribution in [0.5, 0.6) is 5.75 Å². The average molecular weight is 431 g/mol. The Bertz CT molecular complexity index is 1270. The van der Waals surface area contributed by atoms with E-state index in [9.17, 15) is 14.7 Å². The molecule has 0 saturated heterocycles. The molecule has 3 aromatic rings. The van der Waals surface area contributed by atoms with E-state index in [1.165, 1.54) is 7.05 Å². The average Bonchev–Trinajstić information content (AvgIpc) is 3.09. The monoisotopic (exact) mass is 431 g/mol. The van der Waals surface area contributed by atoms with Gasteiger partial charge in [-0.25, -0.2) is 4.98 Å². The van der Waals surface area contributed by atoms with E-state index in [1.54, 1.807) is 54.1 Å². The second kappa shape index (κ2) is 8.17. The summed E-state index contributed by atoms with van der Waals surface area (Å²) in [5.41, 5.74) is 5.58. The zero-order chi connectivity index (χ0) is 22.9. The van der Waals surface area contributed by atoms with Crippen molar-refractivity contribution in [3.63, 3.8) is 0 Å². The summed E-state index contributed by atoms with van der Waals surface area (Å²) in [6.45, 7) is 2.15. The summed E-state index contributed by atoms with van der Waals surface area (Å²) in [6.07, 6.45) is 1.59. The second-order valence-electron chi connectivity index (χ2n) is 7.32. The van der Waals surface area contributed by atoms with E-state index in [1.807, 2.05) is 0 Å². The smallest absolute Gasteiger partial charge is 0.270 e. The Labute approximate surface area is 184 Å². The summed E-state index contributed by atoms with van der Waals surface area (Å²) in [4.78, 5) is 32.9. The zero-order valence-electron chi connectivity index (χ0n) is 17.5. The van der Waals surface area contributed by atoms with Gasteiger partial charge in [-0.1, -0.05) is 17.9 Å². The molecular weight excluding hydrogens is 410 g/mol. The van der Waals surface area contributed by atoms with Gasteiger partial charge in [-0.15, -0.1) is 0 Å². The minimum atomic E-state index is -1.45. The van der Waals surface area contributed by atoms with Gasteiger partial charge in [-0.2, -0.15) is 0 Å². The van der Waals surface area contributed by atoms with Crippen molar-refractivity contribution in [3.8, 4) is 29.0 Å². The number of rotatable bonds is 3. The topological polar surface area (TPSA) is 132 Å². The van der Waals surface area contributed by atoms with Crippen molar-refractivity contribution in [2.75, 3.05) is 13.7 Å². The van der Waals surface area contributed by atoms with Crippen LogP contribution in [0.2, 0.25) is 0 Å². The van der Waals surface area contributed by atoms with Crippen LogP contribution in [0.15, 0.2) is 42.6 Å². The van der Waals surface area contributed by atoms with Gasteiger partial charge in [0, 0.05) is 18.8 Å². The van der Waals surface area contributed by atoms with Crippen molar-refractivity contribution < 1.29 is 19.4 Å². The summed E-state index contributed by atoms with van der Waals surface area (Å²) in [5.74, 6) is 5.45. The van der Waals surface area contributed by atoms with Gasteiger partial charge < -0.3 is 25.5 Å². The number of hydrogen-bond acceptors (Lipinski definition) is 6. The maximum atomic E-state index is 12.4. The van der Waals surface area contributed by atoms with Gasteiger partial charge in [0.25, 0.3) is 11.8 Å². The lowest BCUT2D eigenvalue weighted by atomic mass is 10.0. The van der Waals surface area contributed by atoms with Crippen molar-refractivity contribution in [1.82, 2.24) is 19.9 Å². The molecule has 0 fully saturated rings. The number of ether oxygens (including phenoxy) is 1. The largest absolute Gasteiger partial charge is 0.491 e. The summed E-state index contributed by atoms with van der Waals surface area (Å²) in [6, 6.07) is 10.5. The van der Waals surface area contributed by atoms with Crippen molar-refractivity contribution in [1.29, 1.82) is 0 Å². The molecule has 0 aliphatic carbocycles. The Morgan fingerprint density at radius 3 is 2.81 bits per heavy atom. The first-order chi connectivity index (χ1) is 15.3. The predicted octanol–water partition coefficient (Wildman–Crippen LogP) is 1.06. The van der Waals surface area contributed by atoms with Gasteiger partial charge in [0.1, 0.15) is 23.9 Å². The van der Waals surface area contributed by atoms with Gasteiger partial charge in [-0.05, 0) is 37.3 Å². The van der Waals surface area contributed by atoms with Crippen molar-refractivity contribution in [2.24, 2.45) is 5.73 Å². The Balaban J connectivity index is 1.81. The van der Waals surface area contributed by atoms with E-state index in [2.05, 4.69) is 27.1 Å². The molecular formula is C23H21N5O4. The SMILES string of the molecule is CNC(=O)c1c(C(N)=O)nc2n1CCOc1ccc(C#C[C@](C)(O)c3ccccn3)cc1-2. The Kier molecular flexibility index (Phi) is 5.38. The van der Waals surface area contributed by atoms with E-state index < -0.39 is 17.4 Å². The molecule has 1 atom stereocenters. The number of amides is 2. The lowest BCUT2D eigenvalue weighted by molar-refractivity contribution is 0.0933. The minimum Gasteiger partial charge on any atom is -0.491 e. The van der Waals surface area contributed by atoms with E-state index in [0.29, 0.717) is 34.9 Å². The number of nitrogens with zero attached hydrogens (tertiary/aromatic N) is 3. The third-order valence-electron chi connectivity index (χ3n) is 5.05. The number of imidazole rings is 1. The van der Waals surface area contributed by atoms with Crippen molar-refractivity contribution in [2.45, 2.75) is 19.1 Å². The van der Waals surface area contributed by atoms with Gasteiger partial charge >= 0.3 is 0 Å². The number of carbonyl (C=O) groups is 2. The molecule has 32 heavy (non-hydrogen) atoms. The molecule has 3 heterocycles. The molecule has 2 amide bonds. The number of benzene rings is 1. The Morgan fingerprint density at radius 2 is 2.12 bits per heavy atom. The first-order valence-electron chi connectivity index (χ1n) is 9.88. The van der Waals surface area contributed by atoms with Crippen LogP contribution in [-0.4, -0.2) is 45.1 Å². The van der Waals surface area contributed by atoms with E-state index in [0.717, 1.165) is 0 Å². The molecule has 0 spiro atoms. The zero-order valence-corrected chi connectivity index (χ0v) is 17.5. The first-order valence-corrected chi connectivity index (χ1v) is 9.88. The number of fused-ring (bicyclic) bond motifs is 3. The number of nitrogens with one attached hydrogen (secondary N) is 1. The second-order valence-corrected chi connectivity index (χ2v) is 7.32. The van der Waals surface area contributed by atoms with Crippen LogP contribution >= 0.6 is 0 Å². The molecule has 0 bridgehead atoms. The number of primary amides is 1. The molecule has 0 radical (unpaired) electrons. The number of nitrogens with two attached hydrogens (primary N) is 1. The van der Waals surface area contributed by atoms with Crippen LogP contribution in [0.4, 0.5) is 0 Å². The number of aromatic nitrogens is 3. The standard InChI is InChI=1S/C23H21N5O4/c1-23(31,17-5-3-4-10-26-17)9-8-14-6-7-16-15(13-14)21-27-18(20(24)29)19(22(30)25-2)28(21)11-12-32-16/h3-7,10,13,31H,11-12H2,1-2H3,(H2,24,29)(H,25,30)/t23-/m0/s1. The van der Waals surface area contributed by atoms with Crippen LogP contribution in [-0.2, 0) is 12.1 Å². The maximum absolute atomic E-state index is 12.4. The summed E-state index contributed by atoms with van der Waals surface area (Å²) >= 11 is 0. The number of carbonyl (C=O) groups excluding carboxylic acids is 2. The van der Waals surface area contributed by atoms with Crippen LogP contribution in [0.1, 0.15) is 39.2 Å². The Hall–Kier alpha value is -4.16. The molecule has 1 aliphatic rings. The van der Waals surface area contributed by atoms with Crippen molar-refractivity contribution in [3.05, 3.63) is 65.2 Å². The molecule has 0 unspecified atom stereocenters. The van der Waals surface area contributed by atoms with Gasteiger partial charge in [0.15, 0.2) is 11.3 Å². The van der Waals surface area contributed by atoms with Gasteiger partial charge in [-0.3, -0.25) is 14.6 Å². The lowest BCUT2D eigenvalue weighted by Crippen LogP contribution is -2.26. The number of aliphatic hydroxyl groups is 1. The maximum Gasteiger partial charge on any atom is 0.270 e. The normalized spacial score (nSPS) is 13.8. The van der Waals surface area contributed by atoms with Gasteiger partial charge in [0.05, 0.1) is 17.8 Å². The molecule has 4 N–H and O–H groups in total. The molecule has 9 heteroatoms. The highest BCUT2D eigenvalue weighted by Gasteiger charge is 2.29. The third kappa shape index (κ3) is 3.79. The third-order valence-corrected chi connectivity index (χ3v) is 5.05. The molecule has 1 aromatic carbocycles. The molecule has 1 aliphatic heterocycles. The highest BCUT2D eigenvalue weighted by atomic mass is 16.5. The highest BCUT2D eigenvalue weighted by molar-refractivity contribution is 6.05. The van der Waals surface area contributed by atoms with Crippen LogP contribution in [0, 0.1) is 11.8 Å². The fourth-order valence-corrected chi connectivity index (χ4v) is 3.46. The fourth-order valence-electron chi connectivity index (χ4n) is 3.46. The molecule has 162 valence electrons. The quantitative estimate of drug-likeness (QED) is 0.531. The van der Waals surface area contributed by atoms with Crippen LogP contribution in [0.3, 0.4) is 0 Å². The molecule has 0 saturated carbocycles. The van der Waals surface area contributed by atoms with E-state index in [4.69, 9.17) is 10.5 Å². The molecule has 9 nitrogen and oxygen atoms in total.